The minimum atomic E-state index is -0.912. The molecule has 11 nitrogen and oxygen atoms in total. The molecule has 2 aromatic rings. The van der Waals surface area contributed by atoms with Crippen molar-refractivity contribution in [3.63, 3.8) is 0 Å². The Morgan fingerprint density at radius 2 is 1.46 bits per heavy atom. The maximum Gasteiger partial charge on any atom is 0.407 e. The lowest BCUT2D eigenvalue weighted by Gasteiger charge is -2.21. The van der Waals surface area contributed by atoms with E-state index in [9.17, 15) is 24.3 Å². The number of alkyl carbamates (subject to hydrolysis) is 1. The smallest absolute Gasteiger partial charge is 0.407 e. The van der Waals surface area contributed by atoms with Gasteiger partial charge in [-0.2, -0.15) is 0 Å². The van der Waals surface area contributed by atoms with E-state index in [4.69, 9.17) is 18.9 Å². The number of aliphatic carboxylic acids is 1. The first-order valence-corrected chi connectivity index (χ1v) is 17.7. The van der Waals surface area contributed by atoms with Gasteiger partial charge in [-0.25, -0.2) is 4.79 Å². The zero-order valence-corrected chi connectivity index (χ0v) is 29.9. The number of carbonyl (C=O) groups is 4. The lowest BCUT2D eigenvalue weighted by atomic mass is 9.86. The van der Waals surface area contributed by atoms with E-state index in [2.05, 4.69) is 17.2 Å². The van der Waals surface area contributed by atoms with Crippen LogP contribution in [0.4, 0.5) is 4.79 Å². The van der Waals surface area contributed by atoms with E-state index in [1.165, 1.54) is 0 Å². The molecule has 50 heavy (non-hydrogen) atoms. The van der Waals surface area contributed by atoms with Crippen molar-refractivity contribution in [2.24, 2.45) is 0 Å². The van der Waals surface area contributed by atoms with Gasteiger partial charge in [0.05, 0.1) is 19.8 Å². The second kappa shape index (κ2) is 20.9. The van der Waals surface area contributed by atoms with Crippen molar-refractivity contribution in [1.82, 2.24) is 10.6 Å². The second-order valence-corrected chi connectivity index (χ2v) is 13.3. The average Bonchev–Trinajstić information content (AvgIpc) is 3.05. The van der Waals surface area contributed by atoms with Crippen LogP contribution in [0.2, 0.25) is 0 Å². The Morgan fingerprint density at radius 1 is 0.820 bits per heavy atom. The predicted molar refractivity (Wildman–Crippen MR) is 191 cm³/mol. The number of hydrogen-bond donors (Lipinski definition) is 3. The van der Waals surface area contributed by atoms with Gasteiger partial charge >= 0.3 is 12.1 Å². The van der Waals surface area contributed by atoms with Gasteiger partial charge in [0, 0.05) is 49.0 Å². The van der Waals surface area contributed by atoms with Crippen LogP contribution in [0.5, 0.6) is 17.2 Å². The molecule has 2 aromatic carbocycles. The van der Waals surface area contributed by atoms with Gasteiger partial charge in [-0.3, -0.25) is 14.4 Å². The van der Waals surface area contributed by atoms with Crippen molar-refractivity contribution >= 4 is 23.8 Å². The van der Waals surface area contributed by atoms with Gasteiger partial charge in [0.25, 0.3) is 0 Å². The number of allylic oxidation sites excluding steroid dienone is 1. The van der Waals surface area contributed by atoms with E-state index in [1.807, 2.05) is 30.3 Å². The fourth-order valence-corrected chi connectivity index (χ4v) is 5.65. The van der Waals surface area contributed by atoms with E-state index >= 15 is 0 Å². The lowest BCUT2D eigenvalue weighted by Crippen LogP contribution is -2.34. The van der Waals surface area contributed by atoms with E-state index in [0.717, 1.165) is 54.5 Å². The van der Waals surface area contributed by atoms with Crippen LogP contribution in [0.3, 0.4) is 0 Å². The molecule has 0 aromatic heterocycles. The Kier molecular flexibility index (Phi) is 16.6. The molecule has 3 N–H and O–H groups in total. The Bertz CT molecular complexity index is 1450. The molecule has 1 aliphatic carbocycles. The summed E-state index contributed by atoms with van der Waals surface area (Å²) in [5, 5.41) is 14.8. The molecule has 11 heteroatoms. The van der Waals surface area contributed by atoms with Crippen LogP contribution in [0, 0.1) is 0 Å². The highest BCUT2D eigenvalue weighted by atomic mass is 16.6. The molecule has 0 saturated heterocycles. The number of rotatable bonds is 22. The standard InChI is InChI=1S/C39H54N2O9/c1-5-13-30-28-14-9-15-32(42)29(28)19-21-35(30)48-26-8-6-7-25-47-33-16-10-17-34(31(33)20-22-37(44)45)49-27-11-18-36(43)40-23-12-24-41-38(46)50-39(2,3)4/h5,10,16-17,19,21H,1,6-9,11-15,18,20,22-27H2,2-4H3,(H,40,43)(H,41,46)(H,44,45). The highest BCUT2D eigenvalue weighted by Gasteiger charge is 2.22. The van der Waals surface area contributed by atoms with Crippen molar-refractivity contribution in [1.29, 1.82) is 0 Å². The molecule has 2 amide bonds. The molecular formula is C39H54N2O9. The quantitative estimate of drug-likeness (QED) is 0.0897. The number of hydrogen-bond acceptors (Lipinski definition) is 8. The number of amides is 2. The molecule has 274 valence electrons. The summed E-state index contributed by atoms with van der Waals surface area (Å²) in [5.41, 5.74) is 3.11. The molecule has 0 fully saturated rings. The van der Waals surface area contributed by atoms with Crippen LogP contribution in [0.15, 0.2) is 43.0 Å². The molecule has 0 unspecified atom stereocenters. The highest BCUT2D eigenvalue weighted by molar-refractivity contribution is 5.99. The van der Waals surface area contributed by atoms with Crippen LogP contribution < -0.4 is 24.8 Å². The van der Waals surface area contributed by atoms with Crippen molar-refractivity contribution in [2.75, 3.05) is 32.9 Å². The molecule has 0 aliphatic heterocycles. The summed E-state index contributed by atoms with van der Waals surface area (Å²) in [6, 6.07) is 9.22. The normalized spacial score (nSPS) is 12.4. The summed E-state index contributed by atoms with van der Waals surface area (Å²) in [6.07, 6.45) is 8.39. The number of carboxylic acids is 1. The largest absolute Gasteiger partial charge is 0.493 e. The number of benzene rings is 2. The van der Waals surface area contributed by atoms with Crippen molar-refractivity contribution in [2.45, 2.75) is 103 Å². The number of nitrogens with one attached hydrogen (secondary N) is 2. The maximum absolute atomic E-state index is 12.4. The third-order valence-corrected chi connectivity index (χ3v) is 8.00. The maximum atomic E-state index is 12.4. The highest BCUT2D eigenvalue weighted by Crippen LogP contribution is 2.33. The molecule has 0 radical (unpaired) electrons. The van der Waals surface area contributed by atoms with E-state index in [-0.39, 0.29) is 37.6 Å². The second-order valence-electron chi connectivity index (χ2n) is 13.3. The Hall–Kier alpha value is -4.54. The SMILES string of the molecule is C=CCc1c(OCCCCCOc2cccc(OCCCC(=O)NCCCNC(=O)OC(C)(C)C)c2CCC(=O)O)ccc2c1CCCC2=O. The van der Waals surface area contributed by atoms with Crippen LogP contribution in [0.25, 0.3) is 0 Å². The average molecular weight is 695 g/mol. The molecule has 0 heterocycles. The monoisotopic (exact) mass is 694 g/mol. The fourth-order valence-electron chi connectivity index (χ4n) is 5.65. The topological polar surface area (TPSA) is 149 Å². The number of unbranched alkanes of at least 4 members (excludes halogenated alkanes) is 2. The number of ketones is 1. The van der Waals surface area contributed by atoms with Gasteiger partial charge in [0.2, 0.25) is 5.91 Å². The van der Waals surface area contributed by atoms with Crippen molar-refractivity contribution in [3.8, 4) is 17.2 Å². The number of carboxylic acid groups (broad SMARTS) is 1. The van der Waals surface area contributed by atoms with E-state index in [0.29, 0.717) is 69.0 Å². The Labute approximate surface area is 296 Å². The number of ether oxygens (including phenoxy) is 4. The fraction of sp³-hybridized carbons (Fsp3) is 0.538. The van der Waals surface area contributed by atoms with Crippen LogP contribution in [0.1, 0.15) is 106 Å². The van der Waals surface area contributed by atoms with Crippen molar-refractivity contribution in [3.05, 3.63) is 65.2 Å². The number of Topliss-reactive ketones (excluding diaryl/α,β-unsaturated/α-hetero) is 1. The molecule has 0 bridgehead atoms. The summed E-state index contributed by atoms with van der Waals surface area (Å²) in [4.78, 5) is 47.6. The predicted octanol–water partition coefficient (Wildman–Crippen LogP) is 6.77. The van der Waals surface area contributed by atoms with Gasteiger partial charge in [-0.15, -0.1) is 6.58 Å². The van der Waals surface area contributed by atoms with Gasteiger partial charge in [0.15, 0.2) is 5.78 Å². The van der Waals surface area contributed by atoms with Gasteiger partial charge in [0.1, 0.15) is 22.8 Å². The van der Waals surface area contributed by atoms with E-state index in [1.54, 1.807) is 26.8 Å². The first-order valence-electron chi connectivity index (χ1n) is 17.7. The molecule has 1 aliphatic rings. The number of carbonyl (C=O) groups excluding carboxylic acids is 3. The zero-order valence-electron chi connectivity index (χ0n) is 29.9. The van der Waals surface area contributed by atoms with Crippen LogP contribution in [-0.4, -0.2) is 67.4 Å². The summed E-state index contributed by atoms with van der Waals surface area (Å²) in [7, 11) is 0. The first kappa shape index (κ1) is 39.9. The summed E-state index contributed by atoms with van der Waals surface area (Å²) in [5.74, 6) is 1.13. The number of fused-ring (bicyclic) bond motifs is 1. The molecule has 0 atom stereocenters. The van der Waals surface area contributed by atoms with Gasteiger partial charge in [-0.05, 0) is 108 Å². The third kappa shape index (κ3) is 14.1. The lowest BCUT2D eigenvalue weighted by molar-refractivity contribution is -0.137. The van der Waals surface area contributed by atoms with Gasteiger partial charge in [-0.1, -0.05) is 12.1 Å². The summed E-state index contributed by atoms with van der Waals surface area (Å²) in [6.45, 7) is 11.4. The van der Waals surface area contributed by atoms with Crippen LogP contribution >= 0.6 is 0 Å². The third-order valence-electron chi connectivity index (χ3n) is 8.00. The van der Waals surface area contributed by atoms with Gasteiger partial charge < -0.3 is 34.7 Å². The van der Waals surface area contributed by atoms with Crippen LogP contribution in [-0.2, 0) is 33.6 Å². The van der Waals surface area contributed by atoms with Crippen molar-refractivity contribution < 1.29 is 43.2 Å². The molecule has 3 rings (SSSR count). The Balaban J connectivity index is 1.39. The first-order chi connectivity index (χ1) is 24.0. The minimum absolute atomic E-state index is 0.0655. The Morgan fingerprint density at radius 3 is 2.10 bits per heavy atom. The molecular weight excluding hydrogens is 640 g/mol. The molecule has 0 saturated carbocycles. The zero-order chi connectivity index (χ0) is 36.4. The van der Waals surface area contributed by atoms with E-state index < -0.39 is 17.7 Å². The summed E-state index contributed by atoms with van der Waals surface area (Å²) >= 11 is 0. The summed E-state index contributed by atoms with van der Waals surface area (Å²) < 4.78 is 23.4. The minimum Gasteiger partial charge on any atom is -0.493 e. The molecule has 0 spiro atoms.